The molecule has 8 heteroatoms. The van der Waals surface area contributed by atoms with Gasteiger partial charge in [0, 0.05) is 26.2 Å². The Morgan fingerprint density at radius 1 is 0.909 bits per heavy atom. The average molecular weight is 467 g/mol. The Morgan fingerprint density at radius 3 is 2.09 bits per heavy atom. The molecule has 2 heterocycles. The van der Waals surface area contributed by atoms with Crippen molar-refractivity contribution < 1.29 is 13.2 Å². The van der Waals surface area contributed by atoms with Crippen LogP contribution >= 0.6 is 0 Å². The highest BCUT2D eigenvalue weighted by molar-refractivity contribution is 7.89. The van der Waals surface area contributed by atoms with Crippen LogP contribution in [0.5, 0.6) is 0 Å². The van der Waals surface area contributed by atoms with Gasteiger partial charge in [-0.25, -0.2) is 13.1 Å². The number of aromatic nitrogens is 2. The number of para-hydroxylation sites is 1. The molecule has 3 aromatic rings. The summed E-state index contributed by atoms with van der Waals surface area (Å²) in [6.07, 6.45) is 0. The molecule has 0 aliphatic carbocycles. The Hall–Kier alpha value is -2.97. The first kappa shape index (κ1) is 23.2. The monoisotopic (exact) mass is 466 g/mol. The summed E-state index contributed by atoms with van der Waals surface area (Å²) in [5.41, 5.74) is 4.03. The summed E-state index contributed by atoms with van der Waals surface area (Å²) in [6, 6.07) is 16.8. The molecule has 0 atom stereocenters. The van der Waals surface area contributed by atoms with E-state index in [1.165, 1.54) is 4.31 Å². The highest BCUT2D eigenvalue weighted by atomic mass is 32.2. The minimum absolute atomic E-state index is 0.106. The van der Waals surface area contributed by atoms with Crippen LogP contribution in [0.4, 0.5) is 0 Å². The van der Waals surface area contributed by atoms with Crippen molar-refractivity contribution >= 4 is 15.9 Å². The second-order valence-electron chi connectivity index (χ2n) is 8.71. The van der Waals surface area contributed by atoms with E-state index in [0.717, 1.165) is 16.9 Å². The molecule has 174 valence electrons. The van der Waals surface area contributed by atoms with Crippen molar-refractivity contribution in [3.63, 3.8) is 0 Å². The number of rotatable bonds is 5. The number of carbonyl (C=O) groups is 1. The van der Waals surface area contributed by atoms with Crippen molar-refractivity contribution in [2.75, 3.05) is 26.2 Å². The minimum atomic E-state index is -3.59. The van der Waals surface area contributed by atoms with Crippen molar-refractivity contribution in [3.8, 4) is 5.69 Å². The topological polar surface area (TPSA) is 75.5 Å². The van der Waals surface area contributed by atoms with Gasteiger partial charge in [0.1, 0.15) is 0 Å². The standard InChI is InChI=1S/C25H30N4O3S/c1-18(2)21-10-12-23(13-11-21)33(31,32)28-16-14-27(15-17-28)25(30)24-19(3)26-29(20(24)4)22-8-6-5-7-9-22/h5-13,18H,14-17H2,1-4H3. The Bertz CT molecular complexity index is 1240. The van der Waals surface area contributed by atoms with Gasteiger partial charge in [-0.3, -0.25) is 4.79 Å². The predicted octanol–water partition coefficient (Wildman–Crippen LogP) is 3.76. The smallest absolute Gasteiger partial charge is 0.257 e. The van der Waals surface area contributed by atoms with Crippen molar-refractivity contribution in [1.82, 2.24) is 19.0 Å². The number of piperazine rings is 1. The van der Waals surface area contributed by atoms with Crippen LogP contribution in [0, 0.1) is 13.8 Å². The van der Waals surface area contributed by atoms with Crippen molar-refractivity contribution in [3.05, 3.63) is 77.1 Å². The molecule has 0 spiro atoms. The van der Waals surface area contributed by atoms with E-state index in [1.807, 2.05) is 56.3 Å². The van der Waals surface area contributed by atoms with E-state index in [1.54, 1.807) is 21.7 Å². The number of sulfonamides is 1. The molecule has 4 rings (SSSR count). The maximum Gasteiger partial charge on any atom is 0.257 e. The third-order valence-corrected chi connectivity index (χ3v) is 8.13. The lowest BCUT2D eigenvalue weighted by molar-refractivity contribution is 0.0696. The first-order chi connectivity index (χ1) is 15.7. The maximum absolute atomic E-state index is 13.3. The van der Waals surface area contributed by atoms with Crippen LogP contribution in [0.25, 0.3) is 5.69 Å². The lowest BCUT2D eigenvalue weighted by atomic mass is 10.0. The summed E-state index contributed by atoms with van der Waals surface area (Å²) >= 11 is 0. The maximum atomic E-state index is 13.3. The first-order valence-electron chi connectivity index (χ1n) is 11.2. The van der Waals surface area contributed by atoms with Crippen molar-refractivity contribution in [2.45, 2.75) is 38.5 Å². The number of carbonyl (C=O) groups excluding carboxylic acids is 1. The summed E-state index contributed by atoms with van der Waals surface area (Å²) in [5.74, 6) is 0.236. The van der Waals surface area contributed by atoms with E-state index >= 15 is 0 Å². The van der Waals surface area contributed by atoms with Gasteiger partial charge in [0.15, 0.2) is 0 Å². The lowest BCUT2D eigenvalue weighted by Crippen LogP contribution is -2.50. The predicted molar refractivity (Wildman–Crippen MR) is 128 cm³/mol. The molecule has 7 nitrogen and oxygen atoms in total. The summed E-state index contributed by atoms with van der Waals surface area (Å²) in [5, 5.41) is 4.57. The largest absolute Gasteiger partial charge is 0.336 e. The Labute approximate surface area is 195 Å². The van der Waals surface area contributed by atoms with E-state index in [9.17, 15) is 13.2 Å². The van der Waals surface area contributed by atoms with Gasteiger partial charge in [0.25, 0.3) is 5.91 Å². The molecule has 0 N–H and O–H groups in total. The van der Waals surface area contributed by atoms with Crippen LogP contribution < -0.4 is 0 Å². The number of amides is 1. The van der Waals surface area contributed by atoms with Gasteiger partial charge >= 0.3 is 0 Å². The summed E-state index contributed by atoms with van der Waals surface area (Å²) < 4.78 is 29.4. The Kier molecular flexibility index (Phi) is 6.41. The highest BCUT2D eigenvalue weighted by Crippen LogP contribution is 2.23. The number of aryl methyl sites for hydroxylation is 1. The van der Waals surface area contributed by atoms with Gasteiger partial charge in [-0.1, -0.05) is 44.2 Å². The number of hydrogen-bond acceptors (Lipinski definition) is 4. The second-order valence-corrected chi connectivity index (χ2v) is 10.7. The Morgan fingerprint density at radius 2 is 1.52 bits per heavy atom. The van der Waals surface area contributed by atoms with Crippen LogP contribution in [0.1, 0.15) is 47.1 Å². The summed E-state index contributed by atoms with van der Waals surface area (Å²) in [4.78, 5) is 15.3. The van der Waals surface area contributed by atoms with Crippen molar-refractivity contribution in [1.29, 1.82) is 0 Å². The number of benzene rings is 2. The zero-order chi connectivity index (χ0) is 23.8. The van der Waals surface area contributed by atoms with Gasteiger partial charge < -0.3 is 4.90 Å². The second kappa shape index (κ2) is 9.11. The molecule has 1 aliphatic heterocycles. The van der Waals surface area contributed by atoms with Crippen LogP contribution in [-0.2, 0) is 10.0 Å². The van der Waals surface area contributed by atoms with Gasteiger partial charge in [-0.05, 0) is 49.6 Å². The SMILES string of the molecule is Cc1nn(-c2ccccc2)c(C)c1C(=O)N1CCN(S(=O)(=O)c2ccc(C(C)C)cc2)CC1. The molecule has 1 aromatic heterocycles. The molecule has 1 aliphatic rings. The van der Waals surface area contributed by atoms with E-state index in [2.05, 4.69) is 18.9 Å². The Balaban J connectivity index is 1.48. The van der Waals surface area contributed by atoms with Gasteiger partial charge in [0.2, 0.25) is 10.0 Å². The number of hydrogen-bond donors (Lipinski definition) is 0. The minimum Gasteiger partial charge on any atom is -0.336 e. The molecule has 2 aromatic carbocycles. The van der Waals surface area contributed by atoms with Gasteiger partial charge in [-0.2, -0.15) is 9.40 Å². The third-order valence-electron chi connectivity index (χ3n) is 6.22. The zero-order valence-electron chi connectivity index (χ0n) is 19.5. The molecule has 0 radical (unpaired) electrons. The molecule has 0 bridgehead atoms. The van der Waals surface area contributed by atoms with Crippen LogP contribution in [-0.4, -0.2) is 59.5 Å². The third kappa shape index (κ3) is 4.45. The van der Waals surface area contributed by atoms with Crippen molar-refractivity contribution in [2.24, 2.45) is 0 Å². The highest BCUT2D eigenvalue weighted by Gasteiger charge is 2.32. The molecule has 0 unspecified atom stereocenters. The molecule has 1 amide bonds. The fourth-order valence-corrected chi connectivity index (χ4v) is 5.66. The van der Waals surface area contributed by atoms with Crippen LogP contribution in [0.2, 0.25) is 0 Å². The lowest BCUT2D eigenvalue weighted by Gasteiger charge is -2.34. The van der Waals surface area contributed by atoms with Gasteiger partial charge in [0.05, 0.1) is 27.5 Å². The number of nitrogens with zero attached hydrogens (tertiary/aromatic N) is 4. The van der Waals surface area contributed by atoms with Crippen LogP contribution in [0.3, 0.4) is 0 Å². The van der Waals surface area contributed by atoms with Crippen LogP contribution in [0.15, 0.2) is 59.5 Å². The molecule has 1 fully saturated rings. The van der Waals surface area contributed by atoms with E-state index in [4.69, 9.17) is 0 Å². The molecule has 33 heavy (non-hydrogen) atoms. The normalized spacial score (nSPS) is 15.2. The average Bonchev–Trinajstić information content (AvgIpc) is 3.13. The molecular weight excluding hydrogens is 436 g/mol. The first-order valence-corrected chi connectivity index (χ1v) is 12.6. The quantitative estimate of drug-likeness (QED) is 0.574. The fraction of sp³-hybridized carbons (Fsp3) is 0.360. The molecular formula is C25H30N4O3S. The van der Waals surface area contributed by atoms with E-state index in [0.29, 0.717) is 35.2 Å². The summed E-state index contributed by atoms with van der Waals surface area (Å²) in [7, 11) is -3.59. The van der Waals surface area contributed by atoms with E-state index in [-0.39, 0.29) is 19.0 Å². The molecule has 0 saturated carbocycles. The van der Waals surface area contributed by atoms with Gasteiger partial charge in [-0.15, -0.1) is 0 Å². The molecule has 1 saturated heterocycles. The summed E-state index contributed by atoms with van der Waals surface area (Å²) in [6.45, 7) is 9.10. The fourth-order valence-electron chi connectivity index (χ4n) is 4.24. The van der Waals surface area contributed by atoms with E-state index < -0.39 is 10.0 Å². The zero-order valence-corrected chi connectivity index (χ0v) is 20.3.